The van der Waals surface area contributed by atoms with E-state index in [0.29, 0.717) is 0 Å². The van der Waals surface area contributed by atoms with E-state index in [-0.39, 0.29) is 16.9 Å². The van der Waals surface area contributed by atoms with Gasteiger partial charge in [0.1, 0.15) is 0 Å². The molecule has 0 atom stereocenters. The van der Waals surface area contributed by atoms with E-state index in [9.17, 15) is 10.1 Å². The van der Waals surface area contributed by atoms with Gasteiger partial charge in [-0.3, -0.25) is 10.1 Å². The number of ether oxygens (including phenoxy) is 1. The summed E-state index contributed by atoms with van der Waals surface area (Å²) in [4.78, 5) is 10.3. The third kappa shape index (κ3) is 1.50. The summed E-state index contributed by atoms with van der Waals surface area (Å²) < 4.78 is 5.00. The molecule has 0 radical (unpaired) electrons. The standard InChI is InChI=1S/C12H11NO3/c1-3-12(6-7-12)9-4-5-10(13(14)15)11(8-9)16-2/h1,4-5,8H,6-7H2,2H3. The van der Waals surface area contributed by atoms with Gasteiger partial charge in [0.25, 0.3) is 0 Å². The van der Waals surface area contributed by atoms with Crippen molar-refractivity contribution in [2.75, 3.05) is 7.11 Å². The third-order valence-corrected chi connectivity index (χ3v) is 2.96. The quantitative estimate of drug-likeness (QED) is 0.443. The molecular formula is C12H11NO3. The molecule has 0 aliphatic heterocycles. The van der Waals surface area contributed by atoms with Crippen LogP contribution in [-0.4, -0.2) is 12.0 Å². The summed E-state index contributed by atoms with van der Waals surface area (Å²) in [5, 5.41) is 10.7. The molecule has 0 aromatic heterocycles. The first-order valence-electron chi connectivity index (χ1n) is 4.93. The van der Waals surface area contributed by atoms with Gasteiger partial charge in [0.15, 0.2) is 5.75 Å². The lowest BCUT2D eigenvalue weighted by atomic mass is 9.96. The lowest BCUT2D eigenvalue weighted by Gasteiger charge is -2.09. The zero-order valence-corrected chi connectivity index (χ0v) is 8.90. The molecule has 4 heteroatoms. The lowest BCUT2D eigenvalue weighted by Crippen LogP contribution is -2.04. The van der Waals surface area contributed by atoms with E-state index in [0.717, 1.165) is 18.4 Å². The Morgan fingerprint density at radius 3 is 2.69 bits per heavy atom. The third-order valence-electron chi connectivity index (χ3n) is 2.96. The monoisotopic (exact) mass is 217 g/mol. The number of hydrogen-bond acceptors (Lipinski definition) is 3. The van der Waals surface area contributed by atoms with Gasteiger partial charge in [-0.2, -0.15) is 0 Å². The summed E-state index contributed by atoms with van der Waals surface area (Å²) in [6.07, 6.45) is 7.34. The molecule has 1 aromatic carbocycles. The van der Waals surface area contributed by atoms with Crippen LogP contribution in [0.15, 0.2) is 18.2 Å². The number of terminal acetylenes is 1. The van der Waals surface area contributed by atoms with Gasteiger partial charge >= 0.3 is 5.69 Å². The summed E-state index contributed by atoms with van der Waals surface area (Å²) in [6, 6.07) is 4.84. The predicted molar refractivity (Wildman–Crippen MR) is 59.4 cm³/mol. The van der Waals surface area contributed by atoms with E-state index >= 15 is 0 Å². The highest BCUT2D eigenvalue weighted by Gasteiger charge is 2.43. The van der Waals surface area contributed by atoms with Crippen LogP contribution in [0.5, 0.6) is 5.75 Å². The first-order chi connectivity index (χ1) is 7.63. The number of nitro groups is 1. The maximum atomic E-state index is 10.7. The van der Waals surface area contributed by atoms with Crippen molar-refractivity contribution in [1.82, 2.24) is 0 Å². The van der Waals surface area contributed by atoms with Gasteiger partial charge < -0.3 is 4.74 Å². The van der Waals surface area contributed by atoms with Crippen LogP contribution in [0.1, 0.15) is 18.4 Å². The number of hydrogen-bond donors (Lipinski definition) is 0. The number of nitrogens with zero attached hydrogens (tertiary/aromatic N) is 1. The number of nitro benzene ring substituents is 1. The Kier molecular flexibility index (Phi) is 2.31. The Morgan fingerprint density at radius 2 is 2.25 bits per heavy atom. The summed E-state index contributed by atoms with van der Waals surface area (Å²) in [5.41, 5.74) is 0.680. The lowest BCUT2D eigenvalue weighted by molar-refractivity contribution is -0.385. The zero-order valence-electron chi connectivity index (χ0n) is 8.90. The number of benzene rings is 1. The van der Waals surface area contributed by atoms with Crippen LogP contribution < -0.4 is 4.74 Å². The highest BCUT2D eigenvalue weighted by Crippen LogP contribution is 2.49. The normalized spacial score (nSPS) is 16.2. The van der Waals surface area contributed by atoms with Gasteiger partial charge in [0.05, 0.1) is 17.4 Å². The van der Waals surface area contributed by atoms with E-state index in [4.69, 9.17) is 11.2 Å². The molecule has 0 spiro atoms. The van der Waals surface area contributed by atoms with Crippen molar-refractivity contribution < 1.29 is 9.66 Å². The Hall–Kier alpha value is -2.02. The Bertz CT molecular complexity index is 484. The summed E-state index contributed by atoms with van der Waals surface area (Å²) in [5.74, 6) is 3.01. The average molecular weight is 217 g/mol. The molecular weight excluding hydrogens is 206 g/mol. The Labute approximate surface area is 93.4 Å². The minimum atomic E-state index is -0.460. The zero-order chi connectivity index (χ0) is 11.8. The second kappa shape index (κ2) is 3.53. The van der Waals surface area contributed by atoms with Crippen molar-refractivity contribution in [3.05, 3.63) is 33.9 Å². The SMILES string of the molecule is C#CC1(c2ccc([N+](=O)[O-])c(OC)c2)CC1. The van der Waals surface area contributed by atoms with E-state index in [2.05, 4.69) is 5.92 Å². The fraction of sp³-hybridized carbons (Fsp3) is 0.333. The van der Waals surface area contributed by atoms with Crippen LogP contribution in [0.3, 0.4) is 0 Å². The van der Waals surface area contributed by atoms with Crippen molar-refractivity contribution >= 4 is 5.69 Å². The van der Waals surface area contributed by atoms with Crippen molar-refractivity contribution in [2.24, 2.45) is 0 Å². The molecule has 1 fully saturated rings. The molecule has 16 heavy (non-hydrogen) atoms. The van der Waals surface area contributed by atoms with Crippen LogP contribution in [0.25, 0.3) is 0 Å². The molecule has 4 nitrogen and oxygen atoms in total. The maximum absolute atomic E-state index is 10.7. The van der Waals surface area contributed by atoms with Crippen molar-refractivity contribution in [3.8, 4) is 18.1 Å². The van der Waals surface area contributed by atoms with Gasteiger partial charge in [-0.1, -0.05) is 12.0 Å². The molecule has 0 unspecified atom stereocenters. The molecule has 0 N–H and O–H groups in total. The topological polar surface area (TPSA) is 52.4 Å². The van der Waals surface area contributed by atoms with Crippen LogP contribution in [-0.2, 0) is 5.41 Å². The number of rotatable bonds is 3. The van der Waals surface area contributed by atoms with Crippen molar-refractivity contribution in [2.45, 2.75) is 18.3 Å². The fourth-order valence-corrected chi connectivity index (χ4v) is 1.77. The van der Waals surface area contributed by atoms with Crippen molar-refractivity contribution in [3.63, 3.8) is 0 Å². The molecule has 1 aliphatic carbocycles. The average Bonchev–Trinajstić information content (AvgIpc) is 3.09. The maximum Gasteiger partial charge on any atom is 0.310 e. The van der Waals surface area contributed by atoms with Gasteiger partial charge in [-0.25, -0.2) is 0 Å². The van der Waals surface area contributed by atoms with Crippen LogP contribution in [0.4, 0.5) is 5.69 Å². The smallest absolute Gasteiger partial charge is 0.310 e. The Balaban J connectivity index is 2.46. The molecule has 0 heterocycles. The highest BCUT2D eigenvalue weighted by atomic mass is 16.6. The van der Waals surface area contributed by atoms with E-state index < -0.39 is 4.92 Å². The minimum absolute atomic E-state index is 0.0286. The first-order valence-corrected chi connectivity index (χ1v) is 4.93. The molecule has 0 amide bonds. The molecule has 0 saturated heterocycles. The van der Waals surface area contributed by atoms with Gasteiger partial charge in [0.2, 0.25) is 0 Å². The number of methoxy groups -OCH3 is 1. The van der Waals surface area contributed by atoms with Gasteiger partial charge in [0, 0.05) is 6.07 Å². The van der Waals surface area contributed by atoms with Crippen LogP contribution in [0.2, 0.25) is 0 Å². The summed E-state index contributed by atoms with van der Waals surface area (Å²) >= 11 is 0. The second-order valence-electron chi connectivity index (χ2n) is 3.87. The van der Waals surface area contributed by atoms with E-state index in [1.807, 2.05) is 0 Å². The highest BCUT2D eigenvalue weighted by molar-refractivity contribution is 5.53. The molecule has 0 bridgehead atoms. The Morgan fingerprint density at radius 1 is 1.56 bits per heavy atom. The summed E-state index contributed by atoms with van der Waals surface area (Å²) in [6.45, 7) is 0. The van der Waals surface area contributed by atoms with Crippen LogP contribution >= 0.6 is 0 Å². The van der Waals surface area contributed by atoms with E-state index in [1.165, 1.54) is 13.2 Å². The van der Waals surface area contributed by atoms with Crippen molar-refractivity contribution in [1.29, 1.82) is 0 Å². The second-order valence-corrected chi connectivity index (χ2v) is 3.87. The largest absolute Gasteiger partial charge is 0.490 e. The van der Waals surface area contributed by atoms with Crippen LogP contribution in [0, 0.1) is 22.5 Å². The fourth-order valence-electron chi connectivity index (χ4n) is 1.77. The summed E-state index contributed by atoms with van der Waals surface area (Å²) in [7, 11) is 1.42. The van der Waals surface area contributed by atoms with E-state index in [1.54, 1.807) is 12.1 Å². The first kappa shape index (κ1) is 10.5. The molecule has 82 valence electrons. The van der Waals surface area contributed by atoms with Gasteiger partial charge in [-0.05, 0) is 24.5 Å². The molecule has 1 saturated carbocycles. The predicted octanol–water partition coefficient (Wildman–Crippen LogP) is 2.27. The molecule has 2 rings (SSSR count). The minimum Gasteiger partial charge on any atom is -0.490 e. The molecule has 1 aromatic rings. The molecule has 1 aliphatic rings. The van der Waals surface area contributed by atoms with Gasteiger partial charge in [-0.15, -0.1) is 6.42 Å².